The molecule has 2 N–H and O–H groups in total. The fraction of sp³-hybridized carbons (Fsp3) is 0.182. The van der Waals surface area contributed by atoms with Crippen LogP contribution in [0.15, 0.2) is 52.3 Å². The van der Waals surface area contributed by atoms with Gasteiger partial charge in [0, 0.05) is 26.6 Å². The van der Waals surface area contributed by atoms with Crippen LogP contribution in [-0.2, 0) is 12.8 Å². The van der Waals surface area contributed by atoms with Crippen molar-refractivity contribution in [2.75, 3.05) is 0 Å². The van der Waals surface area contributed by atoms with E-state index in [0.717, 1.165) is 46.8 Å². The van der Waals surface area contributed by atoms with Crippen molar-refractivity contribution in [3.8, 4) is 0 Å². The smallest absolute Gasteiger partial charge is 0.270 e. The van der Waals surface area contributed by atoms with E-state index in [2.05, 4.69) is 10.9 Å². The lowest BCUT2D eigenvalue weighted by atomic mass is 9.96. The largest absolute Gasteiger partial charge is 0.456 e. The average Bonchev–Trinajstić information content (AvgIpc) is 3.32. The highest BCUT2D eigenvalue weighted by Gasteiger charge is 2.20. The molecule has 0 radical (unpaired) electrons. The maximum atomic E-state index is 12.6. The average molecular weight is 390 g/mol. The molecule has 28 heavy (non-hydrogen) atoms. The minimum atomic E-state index is -0.357. The minimum Gasteiger partial charge on any atom is -0.456 e. The van der Waals surface area contributed by atoms with E-state index < -0.39 is 0 Å². The number of aryl methyl sites for hydroxylation is 1. The number of hydrogen-bond acceptors (Lipinski definition) is 4. The van der Waals surface area contributed by atoms with Gasteiger partial charge in [-0.25, -0.2) is 0 Å². The molecule has 0 spiro atoms. The lowest BCUT2D eigenvalue weighted by Gasteiger charge is -2.13. The number of carbonyl (C=O) groups excluding carboxylic acids is 2. The number of hydrogen-bond donors (Lipinski definition) is 2. The number of thiophene rings is 1. The van der Waals surface area contributed by atoms with Crippen LogP contribution >= 0.6 is 11.3 Å². The summed E-state index contributed by atoms with van der Waals surface area (Å²) < 4.78 is 5.79. The molecule has 0 aliphatic heterocycles. The molecule has 0 saturated carbocycles. The third-order valence-corrected chi connectivity index (χ3v) is 6.32. The summed E-state index contributed by atoms with van der Waals surface area (Å²) in [5.74, 6) is -0.618. The van der Waals surface area contributed by atoms with Gasteiger partial charge in [0.2, 0.25) is 0 Å². The van der Waals surface area contributed by atoms with E-state index in [1.165, 1.54) is 11.3 Å². The van der Waals surface area contributed by atoms with Gasteiger partial charge < -0.3 is 4.42 Å². The second-order valence-electron chi connectivity index (χ2n) is 6.98. The van der Waals surface area contributed by atoms with Crippen molar-refractivity contribution >= 4 is 45.1 Å². The highest BCUT2D eigenvalue weighted by Crippen LogP contribution is 2.30. The van der Waals surface area contributed by atoms with Crippen molar-refractivity contribution in [3.05, 3.63) is 69.4 Å². The normalized spacial score (nSPS) is 13.4. The Morgan fingerprint density at radius 3 is 2.61 bits per heavy atom. The van der Waals surface area contributed by atoms with Crippen molar-refractivity contribution < 1.29 is 14.0 Å². The van der Waals surface area contributed by atoms with Gasteiger partial charge in [0.1, 0.15) is 11.2 Å². The predicted octanol–water partition coefficient (Wildman–Crippen LogP) is 4.60. The van der Waals surface area contributed by atoms with E-state index in [9.17, 15) is 9.59 Å². The molecule has 4 aromatic rings. The van der Waals surface area contributed by atoms with Crippen LogP contribution in [0.1, 0.15) is 44.0 Å². The van der Waals surface area contributed by atoms with Crippen molar-refractivity contribution in [2.24, 2.45) is 0 Å². The molecule has 2 aromatic heterocycles. The summed E-state index contributed by atoms with van der Waals surface area (Å²) in [5.41, 5.74) is 8.88. The van der Waals surface area contributed by atoms with Gasteiger partial charge in [0.15, 0.2) is 0 Å². The first-order valence-corrected chi connectivity index (χ1v) is 10.2. The van der Waals surface area contributed by atoms with Crippen LogP contribution in [0.3, 0.4) is 0 Å². The van der Waals surface area contributed by atoms with Crippen molar-refractivity contribution in [3.63, 3.8) is 0 Å². The fourth-order valence-electron chi connectivity index (χ4n) is 3.80. The van der Waals surface area contributed by atoms with E-state index in [-0.39, 0.29) is 11.8 Å². The Balaban J connectivity index is 1.35. The number of amides is 2. The number of hydrazine groups is 1. The monoisotopic (exact) mass is 390 g/mol. The van der Waals surface area contributed by atoms with Crippen molar-refractivity contribution in [2.45, 2.75) is 25.7 Å². The van der Waals surface area contributed by atoms with E-state index in [0.29, 0.717) is 11.1 Å². The molecule has 0 atom stereocenters. The van der Waals surface area contributed by atoms with E-state index in [4.69, 9.17) is 4.42 Å². The number of fused-ring (bicyclic) bond motifs is 4. The summed E-state index contributed by atoms with van der Waals surface area (Å²) in [7, 11) is 0. The third kappa shape index (κ3) is 2.86. The van der Waals surface area contributed by atoms with Crippen LogP contribution < -0.4 is 10.9 Å². The first-order chi connectivity index (χ1) is 13.7. The van der Waals surface area contributed by atoms with Gasteiger partial charge in [0.25, 0.3) is 11.8 Å². The summed E-state index contributed by atoms with van der Waals surface area (Å²) >= 11 is 1.63. The Morgan fingerprint density at radius 1 is 0.893 bits per heavy atom. The number of para-hydroxylation sites is 1. The second-order valence-corrected chi connectivity index (χ2v) is 7.94. The first-order valence-electron chi connectivity index (χ1n) is 9.32. The molecule has 2 amide bonds. The number of rotatable bonds is 2. The molecule has 5 nitrogen and oxygen atoms in total. The van der Waals surface area contributed by atoms with Crippen LogP contribution in [-0.4, -0.2) is 11.8 Å². The van der Waals surface area contributed by atoms with E-state index in [1.54, 1.807) is 29.5 Å². The van der Waals surface area contributed by atoms with Crippen LogP contribution in [0, 0.1) is 0 Å². The van der Waals surface area contributed by atoms with Crippen LogP contribution in [0.25, 0.3) is 21.9 Å². The van der Waals surface area contributed by atoms with E-state index in [1.807, 2.05) is 29.6 Å². The van der Waals surface area contributed by atoms with Crippen LogP contribution in [0.2, 0.25) is 0 Å². The Kier molecular flexibility index (Phi) is 4.13. The summed E-state index contributed by atoms with van der Waals surface area (Å²) in [6.45, 7) is 0. The summed E-state index contributed by atoms with van der Waals surface area (Å²) in [5, 5.41) is 3.73. The van der Waals surface area contributed by atoms with E-state index >= 15 is 0 Å². The zero-order valence-corrected chi connectivity index (χ0v) is 15.9. The maximum Gasteiger partial charge on any atom is 0.270 e. The molecule has 0 unspecified atom stereocenters. The Morgan fingerprint density at radius 2 is 1.68 bits per heavy atom. The third-order valence-electron chi connectivity index (χ3n) is 5.23. The zero-order valence-electron chi connectivity index (χ0n) is 15.1. The molecule has 0 bridgehead atoms. The van der Waals surface area contributed by atoms with Gasteiger partial charge in [-0.05, 0) is 55.5 Å². The number of furan rings is 1. The SMILES string of the molecule is O=C(NNC(=O)c1csc2c1CCCC2)c1ccc2oc3ccccc3c2c1. The zero-order chi connectivity index (χ0) is 19.1. The number of nitrogens with one attached hydrogen (secondary N) is 2. The minimum absolute atomic E-state index is 0.261. The first kappa shape index (κ1) is 17.0. The van der Waals surface area contributed by atoms with Crippen molar-refractivity contribution in [1.29, 1.82) is 0 Å². The van der Waals surface area contributed by atoms with Gasteiger partial charge in [-0.2, -0.15) is 0 Å². The fourth-order valence-corrected chi connectivity index (χ4v) is 4.93. The molecule has 140 valence electrons. The molecule has 1 aliphatic rings. The molecule has 5 rings (SSSR count). The highest BCUT2D eigenvalue weighted by atomic mass is 32.1. The van der Waals surface area contributed by atoms with Crippen molar-refractivity contribution in [1.82, 2.24) is 10.9 Å². The summed E-state index contributed by atoms with van der Waals surface area (Å²) in [4.78, 5) is 26.4. The molecular formula is C22H18N2O3S. The predicted molar refractivity (Wildman–Crippen MR) is 110 cm³/mol. The van der Waals surface area contributed by atoms with Gasteiger partial charge >= 0.3 is 0 Å². The topological polar surface area (TPSA) is 71.3 Å². The molecule has 1 aliphatic carbocycles. The van der Waals surface area contributed by atoms with Gasteiger partial charge in [0.05, 0.1) is 5.56 Å². The quantitative estimate of drug-likeness (QED) is 0.491. The standard InChI is InChI=1S/C22H18N2O3S/c25-21(23-24-22(26)17-12-28-20-8-4-2-6-15(17)20)13-9-10-19-16(11-13)14-5-1-3-7-18(14)27-19/h1,3,5,7,9-12H,2,4,6,8H2,(H,23,25)(H,24,26). The number of carbonyl (C=O) groups is 2. The second kappa shape index (κ2) is 6.80. The lowest BCUT2D eigenvalue weighted by Crippen LogP contribution is -2.41. The van der Waals surface area contributed by atoms with Crippen LogP contribution in [0.4, 0.5) is 0 Å². The molecule has 2 heterocycles. The highest BCUT2D eigenvalue weighted by molar-refractivity contribution is 7.10. The molecule has 0 fully saturated rings. The molecule has 6 heteroatoms. The molecule has 0 saturated heterocycles. The number of benzene rings is 2. The van der Waals surface area contributed by atoms with Gasteiger partial charge in [-0.15, -0.1) is 11.3 Å². The summed E-state index contributed by atoms with van der Waals surface area (Å²) in [6.07, 6.45) is 4.25. The molecular weight excluding hydrogens is 372 g/mol. The summed E-state index contributed by atoms with van der Waals surface area (Å²) in [6, 6.07) is 13.0. The lowest BCUT2D eigenvalue weighted by molar-refractivity contribution is 0.0846. The molecule has 2 aromatic carbocycles. The van der Waals surface area contributed by atoms with Gasteiger partial charge in [-0.1, -0.05) is 18.2 Å². The Hall–Kier alpha value is -3.12. The maximum absolute atomic E-state index is 12.6. The van der Waals surface area contributed by atoms with Crippen LogP contribution in [0.5, 0.6) is 0 Å². The Bertz CT molecular complexity index is 1220. The van der Waals surface area contributed by atoms with Gasteiger partial charge in [-0.3, -0.25) is 20.4 Å². The Labute approximate surface area is 165 Å².